The molecule has 0 amide bonds. The highest BCUT2D eigenvalue weighted by Crippen LogP contribution is 2.35. The maximum Gasteiger partial charge on any atom is 0.437 e. The molecule has 0 saturated carbocycles. The van der Waals surface area contributed by atoms with Crippen LogP contribution in [0.3, 0.4) is 0 Å². The Kier molecular flexibility index (Phi) is 3.11. The monoisotopic (exact) mass is 288 g/mol. The van der Waals surface area contributed by atoms with Crippen molar-refractivity contribution in [2.75, 3.05) is 0 Å². The van der Waals surface area contributed by atoms with Crippen LogP contribution in [0.5, 0.6) is 0 Å². The third kappa shape index (κ3) is 2.40. The van der Waals surface area contributed by atoms with Crippen molar-refractivity contribution in [2.24, 2.45) is 0 Å². The van der Waals surface area contributed by atoms with Crippen LogP contribution >= 0.6 is 0 Å². The van der Waals surface area contributed by atoms with Gasteiger partial charge in [0.25, 0.3) is 0 Å². The molecule has 2 aromatic rings. The first-order valence-corrected chi connectivity index (χ1v) is 5.57. The Hall–Kier alpha value is -2.26. The van der Waals surface area contributed by atoms with E-state index in [2.05, 4.69) is 20.6 Å². The maximum atomic E-state index is 12.9. The average molecular weight is 288 g/mol. The zero-order valence-electron chi connectivity index (χ0n) is 10.9. The number of carbonyl (C=O) groups excluding carboxylic acids is 1. The first kappa shape index (κ1) is 14.2. The molecule has 0 unspecified atom stereocenters. The molecule has 0 spiro atoms. The van der Waals surface area contributed by atoms with Crippen LogP contribution < -0.4 is 0 Å². The maximum absolute atomic E-state index is 12.9. The number of hydrogen-bond acceptors (Lipinski definition) is 5. The van der Waals surface area contributed by atoms with E-state index in [-0.39, 0.29) is 5.69 Å². The van der Waals surface area contributed by atoms with Crippen molar-refractivity contribution in [1.29, 1.82) is 0 Å². The van der Waals surface area contributed by atoms with Gasteiger partial charge in [0.2, 0.25) is 0 Å². The van der Waals surface area contributed by atoms with Gasteiger partial charge in [0, 0.05) is 5.41 Å². The van der Waals surface area contributed by atoms with Gasteiger partial charge in [0.15, 0.2) is 5.69 Å². The Morgan fingerprint density at radius 1 is 1.20 bits per heavy atom. The molecule has 0 aliphatic rings. The van der Waals surface area contributed by atoms with Crippen LogP contribution in [0.25, 0.3) is 0 Å². The summed E-state index contributed by atoms with van der Waals surface area (Å²) in [6, 6.07) is -0.879. The van der Waals surface area contributed by atoms with Gasteiger partial charge in [-0.05, 0) is 0 Å². The summed E-state index contributed by atoms with van der Waals surface area (Å²) in [4.78, 5) is 12.1. The number of hydrogen-bond donors (Lipinski definition) is 0. The molecule has 0 saturated heterocycles. The number of nitrogens with zero attached hydrogens (tertiary/aromatic N) is 6. The largest absolute Gasteiger partial charge is 0.437 e. The SMILES string of the molecule is CC(C)(C)c1c(C(F)(F)F)nnn1C(=O)n1ccnn1. The molecule has 0 aromatic carbocycles. The van der Waals surface area contributed by atoms with Crippen molar-refractivity contribution < 1.29 is 18.0 Å². The smallest absolute Gasteiger partial charge is 0.243 e. The van der Waals surface area contributed by atoms with E-state index in [0.717, 1.165) is 4.68 Å². The summed E-state index contributed by atoms with van der Waals surface area (Å²) in [5.41, 5.74) is -2.49. The van der Waals surface area contributed by atoms with Gasteiger partial charge < -0.3 is 0 Å². The molecule has 7 nitrogen and oxygen atoms in total. The molecule has 0 fully saturated rings. The van der Waals surface area contributed by atoms with Gasteiger partial charge in [-0.25, -0.2) is 4.79 Å². The summed E-state index contributed by atoms with van der Waals surface area (Å²) in [6.45, 7) is 4.60. The lowest BCUT2D eigenvalue weighted by atomic mass is 9.90. The normalized spacial score (nSPS) is 12.7. The fourth-order valence-corrected chi connectivity index (χ4v) is 1.69. The van der Waals surface area contributed by atoms with Gasteiger partial charge in [-0.1, -0.05) is 31.2 Å². The number of carbonyl (C=O) groups is 1. The number of halogens is 3. The molecule has 0 N–H and O–H groups in total. The molecule has 108 valence electrons. The Morgan fingerprint density at radius 2 is 1.85 bits per heavy atom. The fourth-order valence-electron chi connectivity index (χ4n) is 1.69. The zero-order valence-corrected chi connectivity index (χ0v) is 10.9. The molecular weight excluding hydrogens is 277 g/mol. The van der Waals surface area contributed by atoms with Crippen LogP contribution in [0.2, 0.25) is 0 Å². The van der Waals surface area contributed by atoms with Gasteiger partial charge >= 0.3 is 12.2 Å². The van der Waals surface area contributed by atoms with Gasteiger partial charge in [-0.15, -0.1) is 10.2 Å². The zero-order chi connectivity index (χ0) is 15.1. The molecule has 20 heavy (non-hydrogen) atoms. The lowest BCUT2D eigenvalue weighted by Gasteiger charge is -2.20. The molecule has 0 bridgehead atoms. The molecule has 2 rings (SSSR count). The molecule has 0 aliphatic heterocycles. The van der Waals surface area contributed by atoms with E-state index in [0.29, 0.717) is 4.68 Å². The van der Waals surface area contributed by atoms with Crippen molar-refractivity contribution in [3.05, 3.63) is 23.8 Å². The lowest BCUT2D eigenvalue weighted by Crippen LogP contribution is -2.30. The van der Waals surface area contributed by atoms with E-state index in [9.17, 15) is 18.0 Å². The Bertz CT molecular complexity index is 622. The summed E-state index contributed by atoms with van der Waals surface area (Å²) in [5.74, 6) is 0. The van der Waals surface area contributed by atoms with Gasteiger partial charge in [-0.2, -0.15) is 22.5 Å². The molecule has 10 heteroatoms. The highest BCUT2D eigenvalue weighted by atomic mass is 19.4. The minimum absolute atomic E-state index is 0.328. The third-order valence-corrected chi connectivity index (χ3v) is 2.45. The number of rotatable bonds is 0. The van der Waals surface area contributed by atoms with Crippen LogP contribution in [0.15, 0.2) is 12.4 Å². The second-order valence-electron chi connectivity index (χ2n) is 5.08. The topological polar surface area (TPSA) is 78.5 Å². The van der Waals surface area contributed by atoms with E-state index in [1.165, 1.54) is 33.2 Å². The van der Waals surface area contributed by atoms with Crippen molar-refractivity contribution in [1.82, 2.24) is 30.0 Å². The fraction of sp³-hybridized carbons (Fsp3) is 0.500. The molecule has 0 aliphatic carbocycles. The number of aromatic nitrogens is 6. The first-order chi connectivity index (χ1) is 9.12. The van der Waals surface area contributed by atoms with E-state index in [4.69, 9.17) is 0 Å². The van der Waals surface area contributed by atoms with Crippen molar-refractivity contribution in [3.8, 4) is 0 Å². The highest BCUT2D eigenvalue weighted by Gasteiger charge is 2.43. The van der Waals surface area contributed by atoms with Crippen LogP contribution in [-0.4, -0.2) is 36.0 Å². The summed E-state index contributed by atoms with van der Waals surface area (Å²) >= 11 is 0. The highest BCUT2D eigenvalue weighted by molar-refractivity contribution is 5.78. The standard InChI is InChI=1S/C10H11F3N6O/c1-9(2,3)7-6(10(11,12)13)15-17-19(7)8(20)18-5-4-14-16-18/h4-5H,1-3H3. The minimum atomic E-state index is -4.69. The molecular formula is C10H11F3N6O. The minimum Gasteiger partial charge on any atom is -0.243 e. The molecule has 0 atom stereocenters. The molecule has 2 heterocycles. The van der Waals surface area contributed by atoms with Crippen LogP contribution in [0.4, 0.5) is 18.0 Å². The van der Waals surface area contributed by atoms with Gasteiger partial charge in [-0.3, -0.25) is 0 Å². The number of alkyl halides is 3. The van der Waals surface area contributed by atoms with E-state index in [1.807, 2.05) is 0 Å². The second kappa shape index (κ2) is 4.39. The van der Waals surface area contributed by atoms with Crippen molar-refractivity contribution in [2.45, 2.75) is 32.4 Å². The van der Waals surface area contributed by atoms with E-state index < -0.39 is 23.3 Å². The summed E-state index contributed by atoms with van der Waals surface area (Å²) in [5, 5.41) is 13.3. The first-order valence-electron chi connectivity index (χ1n) is 5.57. The predicted molar refractivity (Wildman–Crippen MR) is 59.9 cm³/mol. The van der Waals surface area contributed by atoms with E-state index in [1.54, 1.807) is 0 Å². The van der Waals surface area contributed by atoms with Crippen molar-refractivity contribution in [3.63, 3.8) is 0 Å². The predicted octanol–water partition coefficient (Wildman–Crippen LogP) is 1.70. The average Bonchev–Trinajstić information content (AvgIpc) is 2.95. The lowest BCUT2D eigenvalue weighted by molar-refractivity contribution is -0.142. The van der Waals surface area contributed by atoms with Crippen LogP contribution in [0, 0.1) is 0 Å². The van der Waals surface area contributed by atoms with Crippen molar-refractivity contribution >= 4 is 6.03 Å². The molecule has 0 radical (unpaired) electrons. The van der Waals surface area contributed by atoms with Gasteiger partial charge in [0.05, 0.1) is 18.1 Å². The Morgan fingerprint density at radius 3 is 2.30 bits per heavy atom. The van der Waals surface area contributed by atoms with E-state index >= 15 is 0 Å². The third-order valence-electron chi connectivity index (χ3n) is 2.45. The summed E-state index contributed by atoms with van der Waals surface area (Å²) < 4.78 is 40.2. The summed E-state index contributed by atoms with van der Waals surface area (Å²) in [6.07, 6.45) is -2.25. The molecule has 2 aromatic heterocycles. The quantitative estimate of drug-likeness (QED) is 0.737. The Balaban J connectivity index is 2.61. The summed E-state index contributed by atoms with van der Waals surface area (Å²) in [7, 11) is 0. The van der Waals surface area contributed by atoms with Crippen LogP contribution in [-0.2, 0) is 11.6 Å². The second-order valence-corrected chi connectivity index (χ2v) is 5.08. The Labute approximate surface area is 111 Å². The van der Waals surface area contributed by atoms with Crippen LogP contribution in [0.1, 0.15) is 32.2 Å². The van der Waals surface area contributed by atoms with Gasteiger partial charge in [0.1, 0.15) is 0 Å².